The lowest BCUT2D eigenvalue weighted by molar-refractivity contribution is 0.234. The zero-order valence-electron chi connectivity index (χ0n) is 18.9. The lowest BCUT2D eigenvalue weighted by Crippen LogP contribution is -2.43. The third kappa shape index (κ3) is 4.25. The second kappa shape index (κ2) is 8.77. The first-order valence-electron chi connectivity index (χ1n) is 11.2. The van der Waals surface area contributed by atoms with E-state index in [4.69, 9.17) is 0 Å². The summed E-state index contributed by atoms with van der Waals surface area (Å²) in [6.07, 6.45) is 3.33. The highest BCUT2D eigenvalue weighted by Crippen LogP contribution is 2.30. The zero-order valence-corrected chi connectivity index (χ0v) is 18.9. The molecule has 2 N–H and O–H groups in total. The Kier molecular flexibility index (Phi) is 5.66. The quantitative estimate of drug-likeness (QED) is 0.506. The Morgan fingerprint density at radius 2 is 1.79 bits per heavy atom. The Balaban J connectivity index is 1.76. The fourth-order valence-electron chi connectivity index (χ4n) is 4.61. The van der Waals surface area contributed by atoms with Gasteiger partial charge >= 0.3 is 0 Å². The average Bonchev–Trinajstić information content (AvgIpc) is 2.79. The molecule has 168 valence electrons. The molecule has 0 radical (unpaired) electrons. The normalized spacial score (nSPS) is 14.6. The van der Waals surface area contributed by atoms with Crippen molar-refractivity contribution in [2.45, 2.75) is 20.4 Å². The first-order chi connectivity index (χ1) is 16.0. The van der Waals surface area contributed by atoms with Crippen LogP contribution in [0.4, 0.5) is 0 Å². The van der Waals surface area contributed by atoms with Crippen LogP contribution < -0.4 is 10.9 Å². The summed E-state index contributed by atoms with van der Waals surface area (Å²) in [7, 11) is 0. The minimum absolute atomic E-state index is 0.0997. The van der Waals surface area contributed by atoms with E-state index < -0.39 is 0 Å². The lowest BCUT2D eigenvalue weighted by atomic mass is 9.96. The van der Waals surface area contributed by atoms with Crippen LogP contribution in [0.25, 0.3) is 27.8 Å². The highest BCUT2D eigenvalue weighted by Gasteiger charge is 2.20. The molecule has 7 nitrogen and oxygen atoms in total. The van der Waals surface area contributed by atoms with Gasteiger partial charge in [-0.05, 0) is 37.1 Å². The van der Waals surface area contributed by atoms with Gasteiger partial charge in [0.05, 0.1) is 11.1 Å². The molecule has 0 unspecified atom stereocenters. The van der Waals surface area contributed by atoms with Gasteiger partial charge < -0.3 is 10.4 Å². The van der Waals surface area contributed by atoms with Crippen LogP contribution in [0.5, 0.6) is 5.75 Å². The zero-order chi connectivity index (χ0) is 22.9. The molecule has 5 rings (SSSR count). The van der Waals surface area contributed by atoms with Crippen molar-refractivity contribution in [2.75, 3.05) is 26.2 Å². The number of piperazine rings is 1. The number of fused-ring (bicyclic) bond motifs is 1. The topological polar surface area (TPSA) is 83.3 Å². The molecule has 0 aliphatic carbocycles. The summed E-state index contributed by atoms with van der Waals surface area (Å²) in [5, 5.41) is 13.8. The second-order valence-corrected chi connectivity index (χ2v) is 8.69. The van der Waals surface area contributed by atoms with Gasteiger partial charge in [0.1, 0.15) is 12.1 Å². The number of hydrogen-bond donors (Lipinski definition) is 2. The first kappa shape index (κ1) is 21.3. The van der Waals surface area contributed by atoms with Gasteiger partial charge in [-0.25, -0.2) is 9.97 Å². The van der Waals surface area contributed by atoms with Crippen LogP contribution in [-0.2, 0) is 6.54 Å². The summed E-state index contributed by atoms with van der Waals surface area (Å²) in [6.45, 7) is 8.48. The second-order valence-electron chi connectivity index (χ2n) is 8.69. The molecular weight excluding hydrogens is 414 g/mol. The third-order valence-electron chi connectivity index (χ3n) is 6.13. The van der Waals surface area contributed by atoms with Crippen LogP contribution in [0.2, 0.25) is 0 Å². The molecule has 1 aliphatic heterocycles. The van der Waals surface area contributed by atoms with E-state index in [9.17, 15) is 9.90 Å². The monoisotopic (exact) mass is 441 g/mol. The summed E-state index contributed by atoms with van der Waals surface area (Å²) < 4.78 is 1.48. The number of aromatic nitrogens is 3. The molecule has 2 aromatic carbocycles. The van der Waals surface area contributed by atoms with Gasteiger partial charge in [-0.3, -0.25) is 14.3 Å². The number of aromatic hydroxyl groups is 1. The SMILES string of the molecule is Cc1cc(C)cc(-c2cnc3ncn(-c4cccc(O)c4)c(=O)c3c2CN2CCNCC2)c1. The van der Waals surface area contributed by atoms with Crippen molar-refractivity contribution >= 4 is 11.0 Å². The molecule has 7 heteroatoms. The van der Waals surface area contributed by atoms with Crippen molar-refractivity contribution in [1.82, 2.24) is 24.8 Å². The molecule has 1 aliphatic rings. The average molecular weight is 442 g/mol. The smallest absolute Gasteiger partial charge is 0.267 e. The van der Waals surface area contributed by atoms with Crippen LogP contribution in [0, 0.1) is 13.8 Å². The fraction of sp³-hybridized carbons (Fsp3) is 0.269. The molecule has 0 bridgehead atoms. The Hall–Kier alpha value is -3.55. The maximum atomic E-state index is 13.8. The highest BCUT2D eigenvalue weighted by molar-refractivity contribution is 5.86. The van der Waals surface area contributed by atoms with Gasteiger partial charge in [0, 0.05) is 50.6 Å². The predicted molar refractivity (Wildman–Crippen MR) is 130 cm³/mol. The third-order valence-corrected chi connectivity index (χ3v) is 6.13. The van der Waals surface area contributed by atoms with E-state index in [1.807, 2.05) is 6.20 Å². The number of nitrogens with one attached hydrogen (secondary N) is 1. The van der Waals surface area contributed by atoms with Crippen molar-refractivity contribution in [3.8, 4) is 22.6 Å². The van der Waals surface area contributed by atoms with Crippen molar-refractivity contribution in [2.24, 2.45) is 0 Å². The number of hydrogen-bond acceptors (Lipinski definition) is 6. The molecule has 1 fully saturated rings. The number of aryl methyl sites for hydroxylation is 2. The fourth-order valence-corrected chi connectivity index (χ4v) is 4.61. The maximum Gasteiger partial charge on any atom is 0.267 e. The molecule has 3 heterocycles. The van der Waals surface area contributed by atoms with Gasteiger partial charge in [-0.2, -0.15) is 0 Å². The number of rotatable bonds is 4. The minimum atomic E-state index is -0.186. The molecular formula is C26H27N5O2. The van der Waals surface area contributed by atoms with Gasteiger partial charge in [0.15, 0.2) is 5.65 Å². The van der Waals surface area contributed by atoms with E-state index in [-0.39, 0.29) is 11.3 Å². The summed E-state index contributed by atoms with van der Waals surface area (Å²) in [5.74, 6) is 0.0997. The highest BCUT2D eigenvalue weighted by atomic mass is 16.3. The molecule has 0 spiro atoms. The van der Waals surface area contributed by atoms with Crippen LogP contribution in [-0.4, -0.2) is 50.7 Å². The van der Waals surface area contributed by atoms with E-state index in [1.54, 1.807) is 24.3 Å². The Morgan fingerprint density at radius 3 is 2.52 bits per heavy atom. The van der Waals surface area contributed by atoms with Crippen LogP contribution in [0.3, 0.4) is 0 Å². The molecule has 0 amide bonds. The molecule has 2 aromatic heterocycles. The number of phenolic OH excluding ortho intramolecular Hbond substituents is 1. The van der Waals surface area contributed by atoms with Crippen LogP contribution in [0.15, 0.2) is 59.8 Å². The van der Waals surface area contributed by atoms with Crippen molar-refractivity contribution in [3.05, 3.63) is 82.0 Å². The Morgan fingerprint density at radius 1 is 1.03 bits per heavy atom. The molecule has 1 saturated heterocycles. The maximum absolute atomic E-state index is 13.8. The summed E-state index contributed by atoms with van der Waals surface area (Å²) >= 11 is 0. The molecule has 0 saturated carbocycles. The van der Waals surface area contributed by atoms with E-state index >= 15 is 0 Å². The van der Waals surface area contributed by atoms with Gasteiger partial charge in [0.25, 0.3) is 5.56 Å². The predicted octanol–water partition coefficient (Wildman–Crippen LogP) is 3.18. The molecule has 33 heavy (non-hydrogen) atoms. The minimum Gasteiger partial charge on any atom is -0.508 e. The van der Waals surface area contributed by atoms with Gasteiger partial charge in [0.2, 0.25) is 0 Å². The first-order valence-corrected chi connectivity index (χ1v) is 11.2. The van der Waals surface area contributed by atoms with Crippen molar-refractivity contribution < 1.29 is 5.11 Å². The largest absolute Gasteiger partial charge is 0.508 e. The number of benzene rings is 2. The van der Waals surface area contributed by atoms with E-state index in [2.05, 4.69) is 52.2 Å². The van der Waals surface area contributed by atoms with Gasteiger partial charge in [-0.15, -0.1) is 0 Å². The van der Waals surface area contributed by atoms with Crippen molar-refractivity contribution in [3.63, 3.8) is 0 Å². The standard InChI is InChI=1S/C26H27N5O2/c1-17-10-18(2)12-19(11-17)22-14-28-25-24(23(22)15-30-8-6-27-7-9-30)26(33)31(16-29-25)20-4-3-5-21(32)13-20/h3-5,10-14,16,27,32H,6-9,15H2,1-2H3. The number of pyridine rings is 1. The number of nitrogens with zero attached hydrogens (tertiary/aromatic N) is 4. The Labute approximate surface area is 192 Å². The van der Waals surface area contributed by atoms with E-state index in [1.165, 1.54) is 22.0 Å². The van der Waals surface area contributed by atoms with E-state index in [0.717, 1.165) is 42.9 Å². The van der Waals surface area contributed by atoms with Crippen molar-refractivity contribution in [1.29, 1.82) is 0 Å². The summed E-state index contributed by atoms with van der Waals surface area (Å²) in [6, 6.07) is 13.1. The summed E-state index contributed by atoms with van der Waals surface area (Å²) in [4.78, 5) is 25.2. The summed E-state index contributed by atoms with van der Waals surface area (Å²) in [5.41, 5.74) is 6.12. The van der Waals surface area contributed by atoms with Crippen LogP contribution in [0.1, 0.15) is 16.7 Å². The van der Waals surface area contributed by atoms with Crippen LogP contribution >= 0.6 is 0 Å². The van der Waals surface area contributed by atoms with Gasteiger partial charge in [-0.1, -0.05) is 35.4 Å². The Bertz CT molecular complexity index is 1370. The molecule has 4 aromatic rings. The van der Waals surface area contributed by atoms with E-state index in [0.29, 0.717) is 23.3 Å². The molecule has 0 atom stereocenters. The lowest BCUT2D eigenvalue weighted by Gasteiger charge is -2.28. The number of phenols is 1.